The zero-order valence-electron chi connectivity index (χ0n) is 25.4. The van der Waals surface area contributed by atoms with Crippen LogP contribution >= 0.6 is 0 Å². The molecule has 1 aliphatic rings. The first kappa shape index (κ1) is 34.5. The molecule has 0 bridgehead atoms. The van der Waals surface area contributed by atoms with Crippen molar-refractivity contribution in [1.82, 2.24) is 24.6 Å². The molecule has 0 aromatic heterocycles. The van der Waals surface area contributed by atoms with Gasteiger partial charge in [-0.15, -0.1) is 0 Å². The van der Waals surface area contributed by atoms with Gasteiger partial charge in [0.1, 0.15) is 5.60 Å². The van der Waals surface area contributed by atoms with E-state index in [0.717, 1.165) is 26.7 Å². The van der Waals surface area contributed by atoms with Gasteiger partial charge in [0, 0.05) is 37.8 Å². The van der Waals surface area contributed by atoms with E-state index in [-0.39, 0.29) is 12.6 Å². The van der Waals surface area contributed by atoms with E-state index in [0.29, 0.717) is 25.9 Å². The lowest BCUT2D eigenvalue weighted by Gasteiger charge is -2.40. The molecule has 14 heteroatoms. The Bertz CT molecular complexity index is 1470. The van der Waals surface area contributed by atoms with Crippen molar-refractivity contribution in [3.63, 3.8) is 0 Å². The highest BCUT2D eigenvalue weighted by atomic mass is 32.2. The topological polar surface area (TPSA) is 174 Å². The lowest BCUT2D eigenvalue weighted by Crippen LogP contribution is -2.55. The van der Waals surface area contributed by atoms with E-state index in [1.165, 1.54) is 6.08 Å². The van der Waals surface area contributed by atoms with Crippen molar-refractivity contribution in [1.29, 1.82) is 0 Å². The molecular weight excluding hydrogens is 590 g/mol. The Morgan fingerprint density at radius 3 is 2.36 bits per heavy atom. The molecule has 2 aromatic rings. The first-order valence-corrected chi connectivity index (χ1v) is 15.8. The number of hydrogen-bond acceptors (Lipinski definition) is 8. The van der Waals surface area contributed by atoms with E-state index in [9.17, 15) is 27.6 Å². The molecule has 1 aliphatic heterocycles. The summed E-state index contributed by atoms with van der Waals surface area (Å²) in [4.78, 5) is 50.0. The number of nitrogens with one attached hydrogen (secondary N) is 3. The molecule has 1 fully saturated rings. The van der Waals surface area contributed by atoms with E-state index >= 15 is 0 Å². The highest BCUT2D eigenvalue weighted by Gasteiger charge is 2.37. The molecule has 1 saturated heterocycles. The molecular formula is C30H41N5O8S. The van der Waals surface area contributed by atoms with Gasteiger partial charge < -0.3 is 20.5 Å². The maximum Gasteiger partial charge on any atom is 0.422 e. The van der Waals surface area contributed by atoms with Crippen LogP contribution in [0.25, 0.3) is 10.8 Å². The highest BCUT2D eigenvalue weighted by Crippen LogP contribution is 2.31. The summed E-state index contributed by atoms with van der Waals surface area (Å²) in [5.41, 5.74) is 0.214. The van der Waals surface area contributed by atoms with Crippen molar-refractivity contribution in [3.8, 4) is 0 Å². The Labute approximate surface area is 257 Å². The average molecular weight is 632 g/mol. The summed E-state index contributed by atoms with van der Waals surface area (Å²) in [7, 11) is -4.51. The normalized spacial score (nSPS) is 15.7. The molecule has 0 radical (unpaired) electrons. The van der Waals surface area contributed by atoms with Gasteiger partial charge in [-0.2, -0.15) is 12.7 Å². The number of aliphatic carboxylic acids is 1. The number of carboxylic acid groups (broad SMARTS) is 1. The van der Waals surface area contributed by atoms with Crippen LogP contribution in [0.3, 0.4) is 0 Å². The number of rotatable bonds is 12. The fraction of sp³-hybridized carbons (Fsp3) is 0.467. The standard InChI is InChI=1S/C30H41N5O8S/c1-21(24-12-7-10-22-9-5-6-11-25(22)24)34-17-14-23(15-18-34)35(44(41,42)33-29(40)43-30(2,3)4)20-27(37)32-19-26(36)31-16-8-13-28(38)39/h5-13,21,23H,14-20H2,1-4H3,(H,31,36)(H,32,37)(H,33,40)(H,38,39)/b13-8+/t21-/m1/s1. The van der Waals surface area contributed by atoms with Gasteiger partial charge in [-0.05, 0) is 56.9 Å². The molecule has 0 aliphatic carbocycles. The minimum atomic E-state index is -4.51. The van der Waals surface area contributed by atoms with Gasteiger partial charge >= 0.3 is 22.3 Å². The minimum Gasteiger partial charge on any atom is -0.478 e. The predicted octanol–water partition coefficient (Wildman–Crippen LogP) is 2.31. The van der Waals surface area contributed by atoms with Crippen molar-refractivity contribution in [2.24, 2.45) is 0 Å². The summed E-state index contributed by atoms with van der Waals surface area (Å²) in [6, 6.07) is 13.7. The molecule has 1 atom stereocenters. The summed E-state index contributed by atoms with van der Waals surface area (Å²) in [5.74, 6) is -2.50. The first-order valence-electron chi connectivity index (χ1n) is 14.3. The lowest BCUT2D eigenvalue weighted by atomic mass is 9.96. The van der Waals surface area contributed by atoms with Crippen LogP contribution in [0.5, 0.6) is 0 Å². The smallest absolute Gasteiger partial charge is 0.422 e. The summed E-state index contributed by atoms with van der Waals surface area (Å²) in [6.45, 7) is 6.85. The van der Waals surface area contributed by atoms with Crippen LogP contribution in [-0.4, -0.2) is 91.0 Å². The van der Waals surface area contributed by atoms with E-state index in [1.807, 2.05) is 22.9 Å². The number of piperidine rings is 1. The molecule has 44 heavy (non-hydrogen) atoms. The van der Waals surface area contributed by atoms with Gasteiger partial charge in [0.2, 0.25) is 11.8 Å². The van der Waals surface area contributed by atoms with Crippen LogP contribution in [-0.2, 0) is 29.3 Å². The molecule has 0 saturated carbocycles. The second kappa shape index (κ2) is 15.1. The summed E-state index contributed by atoms with van der Waals surface area (Å²) in [5, 5.41) is 15.7. The molecule has 13 nitrogen and oxygen atoms in total. The zero-order chi connectivity index (χ0) is 32.5. The molecule has 0 unspecified atom stereocenters. The largest absolute Gasteiger partial charge is 0.478 e. The van der Waals surface area contributed by atoms with Crippen molar-refractivity contribution in [3.05, 3.63) is 60.2 Å². The number of carbonyl (C=O) groups is 4. The predicted molar refractivity (Wildman–Crippen MR) is 165 cm³/mol. The maximum absolute atomic E-state index is 13.4. The van der Waals surface area contributed by atoms with E-state index in [4.69, 9.17) is 9.84 Å². The van der Waals surface area contributed by atoms with Gasteiger partial charge in [0.05, 0.1) is 13.1 Å². The highest BCUT2D eigenvalue weighted by molar-refractivity contribution is 7.87. The lowest BCUT2D eigenvalue weighted by molar-refractivity contribution is -0.131. The second-order valence-electron chi connectivity index (χ2n) is 11.5. The number of amides is 3. The molecule has 3 rings (SSSR count). The molecule has 4 N–H and O–H groups in total. The Morgan fingerprint density at radius 2 is 1.70 bits per heavy atom. The Hall–Kier alpha value is -4.01. The number of fused-ring (bicyclic) bond motifs is 1. The van der Waals surface area contributed by atoms with E-state index in [1.54, 1.807) is 20.8 Å². The number of likely N-dealkylation sites (tertiary alicyclic amines) is 1. The Balaban J connectivity index is 1.69. The molecule has 240 valence electrons. The van der Waals surface area contributed by atoms with Crippen LogP contribution in [0.2, 0.25) is 0 Å². The summed E-state index contributed by atoms with van der Waals surface area (Å²) < 4.78 is 34.8. The number of hydrogen-bond donors (Lipinski definition) is 4. The monoisotopic (exact) mass is 631 g/mol. The number of carbonyl (C=O) groups excluding carboxylic acids is 3. The second-order valence-corrected chi connectivity index (χ2v) is 13.1. The first-order chi connectivity index (χ1) is 20.7. The molecule has 2 aromatic carbocycles. The Morgan fingerprint density at radius 1 is 1.05 bits per heavy atom. The van der Waals surface area contributed by atoms with E-state index in [2.05, 4.69) is 46.7 Å². The molecule has 1 heterocycles. The van der Waals surface area contributed by atoms with Gasteiger partial charge in [-0.3, -0.25) is 14.5 Å². The average Bonchev–Trinajstić information content (AvgIpc) is 2.95. The fourth-order valence-corrected chi connectivity index (χ4v) is 6.28. The van der Waals surface area contributed by atoms with Gasteiger partial charge in [-0.25, -0.2) is 14.3 Å². The van der Waals surface area contributed by atoms with Crippen molar-refractivity contribution in [2.45, 2.75) is 58.2 Å². The third-order valence-electron chi connectivity index (χ3n) is 7.07. The van der Waals surface area contributed by atoms with Crippen molar-refractivity contribution >= 4 is 44.9 Å². The quantitative estimate of drug-likeness (QED) is 0.256. The third kappa shape index (κ3) is 10.3. The molecule has 3 amide bonds. The minimum absolute atomic E-state index is 0.0548. The van der Waals surface area contributed by atoms with Crippen LogP contribution in [0.15, 0.2) is 54.6 Å². The van der Waals surface area contributed by atoms with Crippen LogP contribution in [0.1, 0.15) is 52.1 Å². The number of benzene rings is 2. The van der Waals surface area contributed by atoms with E-state index < -0.39 is 58.8 Å². The molecule has 0 spiro atoms. The van der Waals surface area contributed by atoms with Gasteiger partial charge in [-0.1, -0.05) is 48.5 Å². The fourth-order valence-electron chi connectivity index (χ4n) is 5.02. The number of ether oxygens (including phenoxy) is 1. The Kier molecular flexibility index (Phi) is 11.9. The van der Waals surface area contributed by atoms with Crippen molar-refractivity contribution in [2.75, 3.05) is 32.7 Å². The zero-order valence-corrected chi connectivity index (χ0v) is 26.2. The third-order valence-corrected chi connectivity index (χ3v) is 8.54. The van der Waals surface area contributed by atoms with Gasteiger partial charge in [0.15, 0.2) is 0 Å². The summed E-state index contributed by atoms with van der Waals surface area (Å²) in [6.07, 6.45) is 1.72. The SMILES string of the molecule is C[C@H](c1cccc2ccccc12)N1CCC(N(CC(=O)NCC(=O)NC/C=C/C(=O)O)S(=O)(=O)NC(=O)OC(C)(C)C)CC1. The van der Waals surface area contributed by atoms with Crippen LogP contribution in [0, 0.1) is 0 Å². The number of nitrogens with zero attached hydrogens (tertiary/aromatic N) is 2. The summed E-state index contributed by atoms with van der Waals surface area (Å²) >= 11 is 0. The maximum atomic E-state index is 13.4. The number of carboxylic acids is 1. The van der Waals surface area contributed by atoms with Gasteiger partial charge in [0.25, 0.3) is 0 Å². The van der Waals surface area contributed by atoms with Crippen LogP contribution in [0.4, 0.5) is 4.79 Å². The van der Waals surface area contributed by atoms with Crippen LogP contribution < -0.4 is 15.4 Å². The van der Waals surface area contributed by atoms with Crippen molar-refractivity contribution < 1.29 is 37.4 Å².